The Bertz CT molecular complexity index is 727. The molecule has 2 fully saturated rings. The smallest absolute Gasteiger partial charge is 0.227 e. The van der Waals surface area contributed by atoms with Crippen LogP contribution in [0.15, 0.2) is 18.2 Å². The van der Waals surface area contributed by atoms with Gasteiger partial charge in [-0.15, -0.1) is 24.8 Å². The van der Waals surface area contributed by atoms with Crippen molar-refractivity contribution in [2.75, 3.05) is 25.0 Å². The van der Waals surface area contributed by atoms with E-state index in [0.29, 0.717) is 5.92 Å². The third-order valence-corrected chi connectivity index (χ3v) is 4.94. The summed E-state index contributed by atoms with van der Waals surface area (Å²) in [6, 6.07) is 5.80. The summed E-state index contributed by atoms with van der Waals surface area (Å²) in [7, 11) is 0. The molecule has 2 aromatic rings. The predicted molar refractivity (Wildman–Crippen MR) is 103 cm³/mol. The number of benzene rings is 1. The van der Waals surface area contributed by atoms with Crippen LogP contribution in [0.4, 0.5) is 5.69 Å². The van der Waals surface area contributed by atoms with Crippen molar-refractivity contribution in [3.8, 4) is 0 Å². The monoisotopic (exact) mass is 386 g/mol. The number of hydrogen-bond donors (Lipinski definition) is 3. The highest BCUT2D eigenvalue weighted by Crippen LogP contribution is 2.29. The molecule has 2 saturated heterocycles. The Labute approximate surface area is 159 Å². The van der Waals surface area contributed by atoms with Gasteiger partial charge in [-0.3, -0.25) is 4.79 Å². The van der Waals surface area contributed by atoms with E-state index in [1.54, 1.807) is 0 Å². The Kier molecular flexibility index (Phi) is 6.68. The van der Waals surface area contributed by atoms with Crippen molar-refractivity contribution < 1.29 is 9.53 Å². The lowest BCUT2D eigenvalue weighted by atomic mass is 9.88. The lowest BCUT2D eigenvalue weighted by molar-refractivity contribution is -0.121. The first-order chi connectivity index (χ1) is 11.2. The first-order valence-corrected chi connectivity index (χ1v) is 8.33. The molecular formula is C17H24Cl2N4O2. The van der Waals surface area contributed by atoms with Gasteiger partial charge in [0.05, 0.1) is 11.0 Å². The Balaban J connectivity index is 0.00000113. The number of nitrogens with zero attached hydrogens (tertiary/aromatic N) is 1. The van der Waals surface area contributed by atoms with Crippen LogP contribution in [0.1, 0.15) is 31.7 Å². The second-order valence-corrected chi connectivity index (χ2v) is 6.55. The number of imidazole rings is 1. The molecule has 0 radical (unpaired) electrons. The van der Waals surface area contributed by atoms with E-state index in [9.17, 15) is 4.79 Å². The number of H-pyrrole nitrogens is 1. The zero-order valence-corrected chi connectivity index (χ0v) is 15.7. The van der Waals surface area contributed by atoms with Crippen molar-refractivity contribution in [2.45, 2.75) is 25.9 Å². The summed E-state index contributed by atoms with van der Waals surface area (Å²) in [5.74, 6) is 1.43. The number of nitrogens with one attached hydrogen (secondary N) is 3. The van der Waals surface area contributed by atoms with E-state index in [0.717, 1.165) is 55.1 Å². The normalized spacial score (nSPS) is 21.1. The van der Waals surface area contributed by atoms with Gasteiger partial charge in [0, 0.05) is 18.2 Å². The number of carbonyl (C=O) groups is 1. The van der Waals surface area contributed by atoms with Gasteiger partial charge in [0.1, 0.15) is 11.9 Å². The molecule has 2 atom stereocenters. The van der Waals surface area contributed by atoms with Crippen LogP contribution in [0.25, 0.3) is 11.0 Å². The molecule has 4 rings (SSSR count). The number of halogens is 2. The second kappa shape index (κ2) is 8.36. The minimum atomic E-state index is 0. The van der Waals surface area contributed by atoms with Crippen LogP contribution < -0.4 is 10.6 Å². The fourth-order valence-corrected chi connectivity index (χ4v) is 3.19. The number of fused-ring (bicyclic) bond motifs is 1. The van der Waals surface area contributed by atoms with E-state index in [2.05, 4.69) is 20.6 Å². The third-order valence-electron chi connectivity index (χ3n) is 4.94. The van der Waals surface area contributed by atoms with Crippen molar-refractivity contribution in [2.24, 2.45) is 11.8 Å². The van der Waals surface area contributed by atoms with E-state index in [1.807, 2.05) is 25.1 Å². The Morgan fingerprint density at radius 2 is 2.16 bits per heavy atom. The van der Waals surface area contributed by atoms with Crippen molar-refractivity contribution in [3.63, 3.8) is 0 Å². The zero-order valence-electron chi connectivity index (χ0n) is 14.1. The average molecular weight is 387 g/mol. The molecule has 0 saturated carbocycles. The summed E-state index contributed by atoms with van der Waals surface area (Å²) in [5, 5.41) is 6.23. The lowest BCUT2D eigenvalue weighted by Crippen LogP contribution is -2.48. The van der Waals surface area contributed by atoms with Crippen LogP contribution in [0, 0.1) is 11.8 Å². The van der Waals surface area contributed by atoms with Crippen LogP contribution in [0.3, 0.4) is 0 Å². The number of aromatic amines is 1. The fourth-order valence-electron chi connectivity index (χ4n) is 3.19. The fraction of sp³-hybridized carbons (Fsp3) is 0.529. The number of carbonyl (C=O) groups excluding carboxylic acids is 1. The Morgan fingerprint density at radius 1 is 1.36 bits per heavy atom. The van der Waals surface area contributed by atoms with Crippen LogP contribution in [-0.4, -0.2) is 35.6 Å². The molecule has 2 unspecified atom stereocenters. The van der Waals surface area contributed by atoms with Gasteiger partial charge in [-0.05, 0) is 50.0 Å². The van der Waals surface area contributed by atoms with Crippen LogP contribution in [0.5, 0.6) is 0 Å². The van der Waals surface area contributed by atoms with Gasteiger partial charge in [0.25, 0.3) is 0 Å². The summed E-state index contributed by atoms with van der Waals surface area (Å²) in [6.45, 7) is 4.65. The minimum Gasteiger partial charge on any atom is -0.370 e. The van der Waals surface area contributed by atoms with Crippen molar-refractivity contribution in [1.82, 2.24) is 15.3 Å². The number of ether oxygens (including phenoxy) is 1. The number of anilines is 1. The molecule has 3 N–H and O–H groups in total. The molecule has 2 aliphatic rings. The van der Waals surface area contributed by atoms with E-state index < -0.39 is 0 Å². The molecule has 1 amide bonds. The van der Waals surface area contributed by atoms with Crippen molar-refractivity contribution >= 4 is 47.4 Å². The van der Waals surface area contributed by atoms with Gasteiger partial charge >= 0.3 is 0 Å². The maximum atomic E-state index is 12.3. The first-order valence-electron chi connectivity index (χ1n) is 8.33. The summed E-state index contributed by atoms with van der Waals surface area (Å²) in [4.78, 5) is 20.2. The average Bonchev–Trinajstić information content (AvgIpc) is 3.13. The number of rotatable bonds is 4. The number of aromatic nitrogens is 2. The highest BCUT2D eigenvalue weighted by molar-refractivity contribution is 5.94. The van der Waals surface area contributed by atoms with Gasteiger partial charge in [0.15, 0.2) is 0 Å². The highest BCUT2D eigenvalue weighted by Gasteiger charge is 2.28. The first kappa shape index (κ1) is 20.0. The zero-order chi connectivity index (χ0) is 15.8. The molecule has 6 nitrogen and oxygen atoms in total. The van der Waals surface area contributed by atoms with Crippen LogP contribution in [0.2, 0.25) is 0 Å². The predicted octanol–water partition coefficient (Wildman–Crippen LogP) is 3.05. The van der Waals surface area contributed by atoms with Crippen molar-refractivity contribution in [1.29, 1.82) is 0 Å². The van der Waals surface area contributed by atoms with Crippen LogP contribution in [-0.2, 0) is 9.53 Å². The van der Waals surface area contributed by atoms with Crippen LogP contribution >= 0.6 is 24.8 Å². The molecule has 2 aliphatic heterocycles. The minimum absolute atomic E-state index is 0. The molecule has 25 heavy (non-hydrogen) atoms. The van der Waals surface area contributed by atoms with E-state index in [-0.39, 0.29) is 42.7 Å². The summed E-state index contributed by atoms with van der Waals surface area (Å²) >= 11 is 0. The molecule has 0 aliphatic carbocycles. The summed E-state index contributed by atoms with van der Waals surface area (Å²) in [6.07, 6.45) is 2.17. The molecule has 3 heterocycles. The lowest BCUT2D eigenvalue weighted by Gasteiger charge is -2.31. The molecular weight excluding hydrogens is 363 g/mol. The Morgan fingerprint density at radius 3 is 2.80 bits per heavy atom. The largest absolute Gasteiger partial charge is 0.370 e. The second-order valence-electron chi connectivity index (χ2n) is 6.55. The molecule has 1 aromatic carbocycles. The van der Waals surface area contributed by atoms with Crippen molar-refractivity contribution in [3.05, 3.63) is 24.0 Å². The van der Waals surface area contributed by atoms with Gasteiger partial charge in [0.2, 0.25) is 5.91 Å². The SMILES string of the molecule is CC(C(=O)Nc1ccc2nc(C3CCCO3)[nH]c2c1)C1CNC1.Cl.Cl. The van der Waals surface area contributed by atoms with Gasteiger partial charge in [-0.1, -0.05) is 6.92 Å². The highest BCUT2D eigenvalue weighted by atomic mass is 35.5. The third kappa shape index (κ3) is 4.08. The standard InChI is InChI=1S/C17H22N4O2.2ClH/c1-10(11-8-18-9-11)17(22)19-12-4-5-13-14(7-12)21-16(20-13)15-3-2-6-23-15;;/h4-5,7,10-11,15,18H,2-3,6,8-9H2,1H3,(H,19,22)(H,20,21);2*1H. The molecule has 1 aromatic heterocycles. The molecule has 0 spiro atoms. The van der Waals surface area contributed by atoms with Gasteiger partial charge < -0.3 is 20.4 Å². The van der Waals surface area contributed by atoms with Gasteiger partial charge in [-0.25, -0.2) is 4.98 Å². The molecule has 138 valence electrons. The van der Waals surface area contributed by atoms with E-state index in [1.165, 1.54) is 0 Å². The summed E-state index contributed by atoms with van der Waals surface area (Å²) in [5.41, 5.74) is 2.65. The maximum Gasteiger partial charge on any atom is 0.227 e. The topological polar surface area (TPSA) is 79.0 Å². The molecule has 8 heteroatoms. The Hall–Kier alpha value is -1.34. The van der Waals surface area contributed by atoms with E-state index in [4.69, 9.17) is 4.74 Å². The number of hydrogen-bond acceptors (Lipinski definition) is 4. The van der Waals surface area contributed by atoms with Gasteiger partial charge in [-0.2, -0.15) is 0 Å². The van der Waals surface area contributed by atoms with E-state index >= 15 is 0 Å². The number of amides is 1. The molecule has 0 bridgehead atoms. The quantitative estimate of drug-likeness (QED) is 0.754. The maximum absolute atomic E-state index is 12.3. The summed E-state index contributed by atoms with van der Waals surface area (Å²) < 4.78 is 5.67.